The SMILES string of the molecule is CC(=O)Nc1ccc(SC(C)C(=O)Nc2ccc(-n3ccnc3)nc2)cc1. The smallest absolute Gasteiger partial charge is 0.237 e. The second-order valence-corrected chi connectivity index (χ2v) is 7.24. The van der Waals surface area contributed by atoms with Crippen molar-refractivity contribution >= 4 is 35.0 Å². The Bertz CT molecular complexity index is 908. The Kier molecular flexibility index (Phi) is 5.87. The van der Waals surface area contributed by atoms with Gasteiger partial charge in [-0.3, -0.25) is 14.2 Å². The fourth-order valence-corrected chi connectivity index (χ4v) is 3.20. The Morgan fingerprint density at radius 3 is 2.41 bits per heavy atom. The van der Waals surface area contributed by atoms with Gasteiger partial charge in [0.15, 0.2) is 0 Å². The van der Waals surface area contributed by atoms with E-state index >= 15 is 0 Å². The standard InChI is InChI=1S/C19H19N5O2S/c1-13(27-17-6-3-15(4-7-17)22-14(2)25)19(26)23-16-5-8-18(21-11-16)24-10-9-20-12-24/h3-13H,1-2H3,(H,22,25)(H,23,26). The fraction of sp³-hybridized carbons (Fsp3) is 0.158. The van der Waals surface area contributed by atoms with E-state index in [9.17, 15) is 9.59 Å². The molecule has 0 bridgehead atoms. The van der Waals surface area contributed by atoms with Crippen LogP contribution >= 0.6 is 11.8 Å². The summed E-state index contributed by atoms with van der Waals surface area (Å²) in [4.78, 5) is 32.7. The summed E-state index contributed by atoms with van der Waals surface area (Å²) in [6.45, 7) is 3.31. The molecule has 2 amide bonds. The van der Waals surface area contributed by atoms with Gasteiger partial charge in [0, 0.05) is 29.9 Å². The van der Waals surface area contributed by atoms with E-state index in [2.05, 4.69) is 20.6 Å². The van der Waals surface area contributed by atoms with E-state index in [1.165, 1.54) is 18.7 Å². The number of amides is 2. The Balaban J connectivity index is 1.56. The average molecular weight is 381 g/mol. The summed E-state index contributed by atoms with van der Waals surface area (Å²) in [7, 11) is 0. The molecule has 0 aliphatic heterocycles. The zero-order chi connectivity index (χ0) is 19.2. The molecule has 2 heterocycles. The highest BCUT2D eigenvalue weighted by Crippen LogP contribution is 2.25. The first-order valence-electron chi connectivity index (χ1n) is 8.31. The molecule has 7 nitrogen and oxygen atoms in total. The van der Waals surface area contributed by atoms with Crippen molar-refractivity contribution in [3.63, 3.8) is 0 Å². The Morgan fingerprint density at radius 2 is 1.81 bits per heavy atom. The number of benzene rings is 1. The maximum atomic E-state index is 12.4. The van der Waals surface area contributed by atoms with E-state index in [0.29, 0.717) is 5.69 Å². The lowest BCUT2D eigenvalue weighted by Crippen LogP contribution is -2.22. The zero-order valence-corrected chi connectivity index (χ0v) is 15.7. The second-order valence-electron chi connectivity index (χ2n) is 5.83. The summed E-state index contributed by atoms with van der Waals surface area (Å²) in [5, 5.41) is 5.30. The van der Waals surface area contributed by atoms with Crippen molar-refractivity contribution in [2.24, 2.45) is 0 Å². The number of imidazole rings is 1. The second kappa shape index (κ2) is 8.50. The van der Waals surface area contributed by atoms with E-state index in [1.54, 1.807) is 35.6 Å². The van der Waals surface area contributed by atoms with Gasteiger partial charge in [0.05, 0.1) is 17.1 Å². The van der Waals surface area contributed by atoms with Crippen LogP contribution in [0.1, 0.15) is 13.8 Å². The molecule has 27 heavy (non-hydrogen) atoms. The summed E-state index contributed by atoms with van der Waals surface area (Å²) in [5.74, 6) is 0.506. The summed E-state index contributed by atoms with van der Waals surface area (Å²) in [5.41, 5.74) is 1.37. The topological polar surface area (TPSA) is 88.9 Å². The van der Waals surface area contributed by atoms with Crippen molar-refractivity contribution < 1.29 is 9.59 Å². The number of hydrogen-bond donors (Lipinski definition) is 2. The highest BCUT2D eigenvalue weighted by molar-refractivity contribution is 8.00. The maximum Gasteiger partial charge on any atom is 0.237 e. The molecule has 0 spiro atoms. The number of carbonyl (C=O) groups is 2. The number of pyridine rings is 1. The van der Waals surface area contributed by atoms with Gasteiger partial charge >= 0.3 is 0 Å². The number of anilines is 2. The molecule has 0 fully saturated rings. The van der Waals surface area contributed by atoms with Gasteiger partial charge in [-0.15, -0.1) is 11.8 Å². The van der Waals surface area contributed by atoms with E-state index in [-0.39, 0.29) is 17.1 Å². The van der Waals surface area contributed by atoms with Crippen LogP contribution in [0.3, 0.4) is 0 Å². The summed E-state index contributed by atoms with van der Waals surface area (Å²) in [6.07, 6.45) is 6.76. The molecule has 0 aliphatic rings. The number of hydrogen-bond acceptors (Lipinski definition) is 5. The van der Waals surface area contributed by atoms with Gasteiger partial charge in [0.2, 0.25) is 11.8 Å². The molecule has 138 valence electrons. The monoisotopic (exact) mass is 381 g/mol. The van der Waals surface area contributed by atoms with Crippen LogP contribution in [-0.4, -0.2) is 31.6 Å². The number of rotatable bonds is 6. The molecule has 2 N–H and O–H groups in total. The third-order valence-electron chi connectivity index (χ3n) is 3.64. The third-order valence-corrected chi connectivity index (χ3v) is 4.75. The molecular formula is C19H19N5O2S. The van der Waals surface area contributed by atoms with Crippen LogP contribution in [0.5, 0.6) is 0 Å². The summed E-state index contributed by atoms with van der Waals surface area (Å²) < 4.78 is 1.79. The van der Waals surface area contributed by atoms with Crippen molar-refractivity contribution in [3.8, 4) is 5.82 Å². The van der Waals surface area contributed by atoms with Crippen LogP contribution in [0.4, 0.5) is 11.4 Å². The first-order chi connectivity index (χ1) is 13.0. The largest absolute Gasteiger partial charge is 0.326 e. The molecule has 0 saturated heterocycles. The molecule has 1 atom stereocenters. The zero-order valence-electron chi connectivity index (χ0n) is 14.9. The van der Waals surface area contributed by atoms with Crippen LogP contribution in [0.15, 0.2) is 66.2 Å². The van der Waals surface area contributed by atoms with Crippen molar-refractivity contribution in [3.05, 3.63) is 61.3 Å². The highest BCUT2D eigenvalue weighted by atomic mass is 32.2. The van der Waals surface area contributed by atoms with E-state index in [4.69, 9.17) is 0 Å². The molecule has 2 aromatic heterocycles. The third kappa shape index (κ3) is 5.18. The predicted molar refractivity (Wildman–Crippen MR) is 106 cm³/mol. The molecule has 1 unspecified atom stereocenters. The van der Waals surface area contributed by atoms with Crippen LogP contribution in [0, 0.1) is 0 Å². The van der Waals surface area contributed by atoms with Crippen molar-refractivity contribution in [1.82, 2.24) is 14.5 Å². The van der Waals surface area contributed by atoms with Crippen LogP contribution < -0.4 is 10.6 Å². The molecular weight excluding hydrogens is 362 g/mol. The van der Waals surface area contributed by atoms with Gasteiger partial charge in [0.25, 0.3) is 0 Å². The predicted octanol–water partition coefficient (Wildman–Crippen LogP) is 3.35. The average Bonchev–Trinajstić information content (AvgIpc) is 3.18. The molecule has 3 rings (SSSR count). The molecule has 0 aliphatic carbocycles. The van der Waals surface area contributed by atoms with E-state index in [1.807, 2.05) is 37.3 Å². The molecule has 0 saturated carbocycles. The lowest BCUT2D eigenvalue weighted by atomic mass is 10.3. The highest BCUT2D eigenvalue weighted by Gasteiger charge is 2.15. The van der Waals surface area contributed by atoms with Crippen molar-refractivity contribution in [2.75, 3.05) is 10.6 Å². The molecule has 8 heteroatoms. The van der Waals surface area contributed by atoms with Gasteiger partial charge in [-0.05, 0) is 43.3 Å². The number of thioether (sulfide) groups is 1. The minimum absolute atomic E-state index is 0.108. The van der Waals surface area contributed by atoms with Crippen LogP contribution in [-0.2, 0) is 9.59 Å². The van der Waals surface area contributed by atoms with Crippen molar-refractivity contribution in [1.29, 1.82) is 0 Å². The van der Waals surface area contributed by atoms with Gasteiger partial charge < -0.3 is 10.6 Å². The number of aromatic nitrogens is 3. The van der Waals surface area contributed by atoms with E-state index < -0.39 is 0 Å². The van der Waals surface area contributed by atoms with Crippen LogP contribution in [0.2, 0.25) is 0 Å². The van der Waals surface area contributed by atoms with Crippen molar-refractivity contribution in [2.45, 2.75) is 24.0 Å². The molecule has 0 radical (unpaired) electrons. The van der Waals surface area contributed by atoms with Gasteiger partial charge in [0.1, 0.15) is 12.1 Å². The fourth-order valence-electron chi connectivity index (χ4n) is 2.33. The number of nitrogens with zero attached hydrogens (tertiary/aromatic N) is 3. The lowest BCUT2D eigenvalue weighted by Gasteiger charge is -2.12. The molecule has 3 aromatic rings. The Morgan fingerprint density at radius 1 is 1.07 bits per heavy atom. The Hall–Kier alpha value is -3.13. The van der Waals surface area contributed by atoms with Gasteiger partial charge in [-0.25, -0.2) is 9.97 Å². The quantitative estimate of drug-likeness (QED) is 0.639. The first-order valence-corrected chi connectivity index (χ1v) is 9.19. The normalized spacial score (nSPS) is 11.6. The van der Waals surface area contributed by atoms with Gasteiger partial charge in [-0.2, -0.15) is 0 Å². The Labute approximate surface area is 161 Å². The van der Waals surface area contributed by atoms with E-state index in [0.717, 1.165) is 16.4 Å². The maximum absolute atomic E-state index is 12.4. The summed E-state index contributed by atoms with van der Waals surface area (Å²) >= 11 is 1.44. The lowest BCUT2D eigenvalue weighted by molar-refractivity contribution is -0.115. The number of nitrogens with one attached hydrogen (secondary N) is 2. The van der Waals surface area contributed by atoms with Gasteiger partial charge in [-0.1, -0.05) is 0 Å². The molecule has 1 aromatic carbocycles. The summed E-state index contributed by atoms with van der Waals surface area (Å²) in [6, 6.07) is 11.0. The first kappa shape index (κ1) is 18.7. The minimum atomic E-state index is -0.287. The minimum Gasteiger partial charge on any atom is -0.326 e. The van der Waals surface area contributed by atoms with Crippen LogP contribution in [0.25, 0.3) is 5.82 Å². The number of carbonyl (C=O) groups excluding carboxylic acids is 2.